The molecule has 4 amide bonds. The predicted molar refractivity (Wildman–Crippen MR) is 114 cm³/mol. The first kappa shape index (κ1) is 20.7. The van der Waals surface area contributed by atoms with Crippen molar-refractivity contribution in [2.75, 3.05) is 18.5 Å². The smallest absolute Gasteiger partial charge is 0.325 e. The van der Waals surface area contributed by atoms with Crippen LogP contribution < -0.4 is 20.1 Å². The lowest BCUT2D eigenvalue weighted by Crippen LogP contribution is -2.46. The van der Waals surface area contributed by atoms with Gasteiger partial charge in [0, 0.05) is 5.69 Å². The molecule has 0 spiro atoms. The van der Waals surface area contributed by atoms with E-state index in [1.807, 2.05) is 31.2 Å². The van der Waals surface area contributed by atoms with Crippen molar-refractivity contribution in [3.8, 4) is 17.2 Å². The van der Waals surface area contributed by atoms with Crippen molar-refractivity contribution < 1.29 is 23.9 Å². The Morgan fingerprint density at radius 3 is 2.23 bits per heavy atom. The zero-order valence-electron chi connectivity index (χ0n) is 17.5. The number of nitrogens with zero attached hydrogens (tertiary/aromatic N) is 1. The van der Waals surface area contributed by atoms with E-state index in [0.29, 0.717) is 23.8 Å². The fourth-order valence-electron chi connectivity index (χ4n) is 3.65. The zero-order chi connectivity index (χ0) is 22.0. The first-order chi connectivity index (χ1) is 14.9. The van der Waals surface area contributed by atoms with E-state index in [1.54, 1.807) is 31.2 Å². The third-order valence-corrected chi connectivity index (χ3v) is 5.51. The third-order valence-electron chi connectivity index (χ3n) is 5.51. The molecule has 1 saturated heterocycles. The van der Waals surface area contributed by atoms with Crippen LogP contribution >= 0.6 is 0 Å². The number of carbonyl (C=O) groups is 3. The monoisotopic (exact) mass is 423 g/mol. The van der Waals surface area contributed by atoms with Gasteiger partial charge in [0.2, 0.25) is 5.91 Å². The highest BCUT2D eigenvalue weighted by molar-refractivity contribution is 6.10. The van der Waals surface area contributed by atoms with Gasteiger partial charge in [0.25, 0.3) is 5.91 Å². The molecular weight excluding hydrogens is 398 g/mol. The van der Waals surface area contributed by atoms with Gasteiger partial charge in [-0.2, -0.15) is 0 Å². The number of carbonyl (C=O) groups excluding carboxylic acids is 3. The summed E-state index contributed by atoms with van der Waals surface area (Å²) in [6, 6.07) is 13.6. The van der Waals surface area contributed by atoms with Crippen molar-refractivity contribution in [1.82, 2.24) is 10.2 Å². The van der Waals surface area contributed by atoms with Crippen LogP contribution in [0.3, 0.4) is 0 Å². The van der Waals surface area contributed by atoms with Crippen molar-refractivity contribution in [3.63, 3.8) is 0 Å². The van der Waals surface area contributed by atoms with Gasteiger partial charge in [0.1, 0.15) is 29.3 Å². The average molecular weight is 423 g/mol. The molecule has 1 atom stereocenters. The minimum Gasteiger partial charge on any atom is -0.494 e. The molecule has 4 rings (SSSR count). The van der Waals surface area contributed by atoms with E-state index < -0.39 is 17.5 Å². The van der Waals surface area contributed by atoms with E-state index in [2.05, 4.69) is 10.6 Å². The average Bonchev–Trinajstić information content (AvgIpc) is 3.57. The molecule has 1 heterocycles. The van der Waals surface area contributed by atoms with Gasteiger partial charge in [-0.3, -0.25) is 14.5 Å². The fourth-order valence-corrected chi connectivity index (χ4v) is 3.65. The fraction of sp³-hybridized carbons (Fsp3) is 0.348. The van der Waals surface area contributed by atoms with Crippen molar-refractivity contribution in [2.24, 2.45) is 5.92 Å². The minimum atomic E-state index is -0.892. The molecule has 1 aliphatic heterocycles. The summed E-state index contributed by atoms with van der Waals surface area (Å²) in [4.78, 5) is 38.2. The summed E-state index contributed by atoms with van der Waals surface area (Å²) in [5.41, 5.74) is -0.349. The number of hydrogen-bond donors (Lipinski definition) is 2. The number of amides is 4. The molecule has 162 valence electrons. The van der Waals surface area contributed by atoms with Crippen molar-refractivity contribution >= 4 is 23.5 Å². The largest absolute Gasteiger partial charge is 0.494 e. The zero-order valence-corrected chi connectivity index (χ0v) is 17.5. The highest BCUT2D eigenvalue weighted by Crippen LogP contribution is 2.42. The Morgan fingerprint density at radius 1 is 1.06 bits per heavy atom. The third kappa shape index (κ3) is 4.47. The van der Waals surface area contributed by atoms with E-state index in [4.69, 9.17) is 9.47 Å². The number of rotatable bonds is 8. The van der Waals surface area contributed by atoms with Crippen molar-refractivity contribution in [2.45, 2.75) is 32.2 Å². The van der Waals surface area contributed by atoms with Gasteiger partial charge in [0.05, 0.1) is 6.61 Å². The Labute approximate surface area is 180 Å². The molecule has 0 bridgehead atoms. The van der Waals surface area contributed by atoms with Crippen LogP contribution in [0.4, 0.5) is 10.5 Å². The molecule has 2 fully saturated rings. The number of anilines is 1. The van der Waals surface area contributed by atoms with E-state index in [0.717, 1.165) is 23.5 Å². The number of nitrogens with one attached hydrogen (secondary N) is 2. The van der Waals surface area contributed by atoms with Gasteiger partial charge >= 0.3 is 6.03 Å². The first-order valence-corrected chi connectivity index (χ1v) is 10.3. The summed E-state index contributed by atoms with van der Waals surface area (Å²) in [6.07, 6.45) is 1.82. The topological polar surface area (TPSA) is 97.0 Å². The standard InChI is InChI=1S/C23H25N3O5/c1-3-30-17-10-12-19(13-11-17)31-18-8-6-16(7-9-18)24-20(27)14-26-21(28)23(2,15-4-5-15)25-22(26)29/h6-13,15H,3-5,14H2,1-2H3,(H,24,27)(H,25,29)/t23-/m1/s1. The number of ether oxygens (including phenoxy) is 2. The second-order valence-corrected chi connectivity index (χ2v) is 7.88. The summed E-state index contributed by atoms with van der Waals surface area (Å²) < 4.78 is 11.2. The molecule has 1 aliphatic carbocycles. The Morgan fingerprint density at radius 2 is 1.65 bits per heavy atom. The lowest BCUT2D eigenvalue weighted by molar-refractivity contribution is -0.134. The maximum absolute atomic E-state index is 12.6. The van der Waals surface area contributed by atoms with Crippen LogP contribution in [-0.4, -0.2) is 41.4 Å². The van der Waals surface area contributed by atoms with Crippen LogP contribution in [0.1, 0.15) is 26.7 Å². The van der Waals surface area contributed by atoms with E-state index >= 15 is 0 Å². The van der Waals surface area contributed by atoms with Crippen LogP contribution in [0, 0.1) is 5.92 Å². The van der Waals surface area contributed by atoms with Gasteiger partial charge in [0.15, 0.2) is 0 Å². The van der Waals surface area contributed by atoms with Crippen molar-refractivity contribution in [3.05, 3.63) is 48.5 Å². The lowest BCUT2D eigenvalue weighted by Gasteiger charge is -2.20. The molecular formula is C23H25N3O5. The predicted octanol–water partition coefficient (Wildman–Crippen LogP) is 3.54. The summed E-state index contributed by atoms with van der Waals surface area (Å²) in [5.74, 6) is 1.42. The molecule has 2 aromatic carbocycles. The van der Waals surface area contributed by atoms with Crippen LogP contribution in [0.25, 0.3) is 0 Å². The molecule has 2 N–H and O–H groups in total. The molecule has 1 saturated carbocycles. The molecule has 2 aliphatic rings. The second-order valence-electron chi connectivity index (χ2n) is 7.88. The van der Waals surface area contributed by atoms with Gasteiger partial charge in [-0.1, -0.05) is 0 Å². The molecule has 2 aromatic rings. The van der Waals surface area contributed by atoms with Gasteiger partial charge < -0.3 is 20.1 Å². The summed E-state index contributed by atoms with van der Waals surface area (Å²) >= 11 is 0. The molecule has 0 unspecified atom stereocenters. The van der Waals surface area contributed by atoms with Crippen LogP contribution in [0.5, 0.6) is 17.2 Å². The summed E-state index contributed by atoms with van der Waals surface area (Å²) in [6.45, 7) is 3.93. The first-order valence-electron chi connectivity index (χ1n) is 10.3. The molecule has 0 radical (unpaired) electrons. The van der Waals surface area contributed by atoms with E-state index in [-0.39, 0.29) is 18.4 Å². The number of urea groups is 1. The number of hydrogen-bond acceptors (Lipinski definition) is 5. The minimum absolute atomic E-state index is 0.153. The highest BCUT2D eigenvalue weighted by atomic mass is 16.5. The Kier molecular flexibility index (Phi) is 5.54. The number of imide groups is 1. The molecule has 0 aromatic heterocycles. The number of benzene rings is 2. The van der Waals surface area contributed by atoms with Crippen molar-refractivity contribution in [1.29, 1.82) is 0 Å². The van der Waals surface area contributed by atoms with E-state index in [1.165, 1.54) is 0 Å². The molecule has 31 heavy (non-hydrogen) atoms. The van der Waals surface area contributed by atoms with Gasteiger partial charge in [-0.05, 0) is 81.1 Å². The Hall–Kier alpha value is -3.55. The van der Waals surface area contributed by atoms with Crippen LogP contribution in [-0.2, 0) is 9.59 Å². The quantitative estimate of drug-likeness (QED) is 0.633. The van der Waals surface area contributed by atoms with E-state index in [9.17, 15) is 14.4 Å². The van der Waals surface area contributed by atoms with Crippen LogP contribution in [0.15, 0.2) is 48.5 Å². The Balaban J connectivity index is 1.32. The summed E-state index contributed by atoms with van der Waals surface area (Å²) in [7, 11) is 0. The Bertz CT molecular complexity index is 985. The molecule has 8 nitrogen and oxygen atoms in total. The lowest BCUT2D eigenvalue weighted by atomic mass is 9.96. The normalized spacial score (nSPS) is 20.4. The second kappa shape index (κ2) is 8.29. The van der Waals surface area contributed by atoms with Gasteiger partial charge in [-0.15, -0.1) is 0 Å². The maximum Gasteiger partial charge on any atom is 0.325 e. The van der Waals surface area contributed by atoms with Crippen LogP contribution in [0.2, 0.25) is 0 Å². The SMILES string of the molecule is CCOc1ccc(Oc2ccc(NC(=O)CN3C(=O)N[C@](C)(C4CC4)C3=O)cc2)cc1. The highest BCUT2D eigenvalue weighted by Gasteiger charge is 2.56. The summed E-state index contributed by atoms with van der Waals surface area (Å²) in [5, 5.41) is 5.45. The maximum atomic E-state index is 12.6. The molecule has 8 heteroatoms. The van der Waals surface area contributed by atoms with Gasteiger partial charge in [-0.25, -0.2) is 4.79 Å².